The highest BCUT2D eigenvalue weighted by atomic mass is 32.2. The average molecular weight is 395 g/mol. The van der Waals surface area contributed by atoms with Gasteiger partial charge in [-0.1, -0.05) is 30.3 Å². The van der Waals surface area contributed by atoms with Crippen LogP contribution in [-0.2, 0) is 14.3 Å². The molecule has 0 fully saturated rings. The van der Waals surface area contributed by atoms with Crippen molar-refractivity contribution < 1.29 is 19.1 Å². The van der Waals surface area contributed by atoms with E-state index in [4.69, 9.17) is 4.74 Å². The lowest BCUT2D eigenvalue weighted by atomic mass is 10.1. The van der Waals surface area contributed by atoms with Gasteiger partial charge in [-0.05, 0) is 23.8 Å². The summed E-state index contributed by atoms with van der Waals surface area (Å²) in [5.41, 5.74) is 2.68. The van der Waals surface area contributed by atoms with Gasteiger partial charge in [0, 0.05) is 11.3 Å². The van der Waals surface area contributed by atoms with Gasteiger partial charge in [0.1, 0.15) is 0 Å². The molecule has 0 unspecified atom stereocenters. The summed E-state index contributed by atoms with van der Waals surface area (Å²) in [6.07, 6.45) is 0.659. The molecule has 2 heterocycles. The van der Waals surface area contributed by atoms with E-state index in [1.54, 1.807) is 18.2 Å². The van der Waals surface area contributed by atoms with Crippen molar-refractivity contribution in [2.24, 2.45) is 5.10 Å². The zero-order chi connectivity index (χ0) is 19.5. The van der Waals surface area contributed by atoms with Crippen molar-refractivity contribution in [1.82, 2.24) is 5.01 Å². The van der Waals surface area contributed by atoms with Gasteiger partial charge < -0.3 is 10.1 Å². The maximum absolute atomic E-state index is 12.3. The fourth-order valence-electron chi connectivity index (χ4n) is 2.97. The number of amides is 2. The van der Waals surface area contributed by atoms with Gasteiger partial charge in [0.05, 0.1) is 29.3 Å². The Morgan fingerprint density at radius 3 is 2.82 bits per heavy atom. The second-order valence-corrected chi connectivity index (χ2v) is 7.32. The van der Waals surface area contributed by atoms with Crippen LogP contribution in [0.15, 0.2) is 58.5 Å². The summed E-state index contributed by atoms with van der Waals surface area (Å²) in [7, 11) is 0. The Kier molecular flexibility index (Phi) is 5.12. The van der Waals surface area contributed by atoms with Crippen LogP contribution < -0.4 is 5.32 Å². The molecule has 2 aromatic carbocycles. The first-order valence-electron chi connectivity index (χ1n) is 8.77. The van der Waals surface area contributed by atoms with Crippen LogP contribution in [0, 0.1) is 0 Å². The quantitative estimate of drug-likeness (QED) is 0.804. The molecule has 0 saturated heterocycles. The molecule has 142 valence electrons. The SMILES string of the molecule is O=C1CSc2ccc(C(=O)OCC(=O)N3CCC(c4ccccc4)=N3)cc2N1. The molecule has 0 bridgehead atoms. The number of ether oxygens (including phenoxy) is 1. The monoisotopic (exact) mass is 395 g/mol. The lowest BCUT2D eigenvalue weighted by molar-refractivity contribution is -0.134. The van der Waals surface area contributed by atoms with Crippen molar-refractivity contribution >= 4 is 40.9 Å². The van der Waals surface area contributed by atoms with Gasteiger partial charge >= 0.3 is 5.97 Å². The highest BCUT2D eigenvalue weighted by Crippen LogP contribution is 2.32. The number of carbonyl (C=O) groups excluding carboxylic acids is 3. The zero-order valence-electron chi connectivity index (χ0n) is 14.9. The van der Waals surface area contributed by atoms with E-state index < -0.39 is 5.97 Å². The molecule has 7 nitrogen and oxygen atoms in total. The Morgan fingerprint density at radius 2 is 2.00 bits per heavy atom. The number of esters is 1. The number of hydrogen-bond donors (Lipinski definition) is 1. The number of nitrogens with zero attached hydrogens (tertiary/aromatic N) is 2. The Hall–Kier alpha value is -3.13. The predicted octanol–water partition coefficient (Wildman–Crippen LogP) is 2.52. The van der Waals surface area contributed by atoms with E-state index in [9.17, 15) is 14.4 Å². The van der Waals surface area contributed by atoms with Gasteiger partial charge in [0.25, 0.3) is 5.91 Å². The Balaban J connectivity index is 1.36. The highest BCUT2D eigenvalue weighted by molar-refractivity contribution is 8.00. The van der Waals surface area contributed by atoms with E-state index in [1.165, 1.54) is 16.8 Å². The lowest BCUT2D eigenvalue weighted by Gasteiger charge is -2.17. The fourth-order valence-corrected chi connectivity index (χ4v) is 3.75. The summed E-state index contributed by atoms with van der Waals surface area (Å²) in [6.45, 7) is 0.0747. The van der Waals surface area contributed by atoms with Gasteiger partial charge in [-0.25, -0.2) is 9.80 Å². The second-order valence-electron chi connectivity index (χ2n) is 6.30. The minimum atomic E-state index is -0.618. The van der Waals surface area contributed by atoms with Gasteiger partial charge in [-0.3, -0.25) is 9.59 Å². The minimum absolute atomic E-state index is 0.112. The van der Waals surface area contributed by atoms with Crippen molar-refractivity contribution in [3.05, 3.63) is 59.7 Å². The van der Waals surface area contributed by atoms with Crippen LogP contribution in [0.5, 0.6) is 0 Å². The molecule has 0 aromatic heterocycles. The van der Waals surface area contributed by atoms with Crippen LogP contribution >= 0.6 is 11.8 Å². The average Bonchev–Trinajstić information content (AvgIpc) is 3.22. The number of fused-ring (bicyclic) bond motifs is 1. The number of hydrogen-bond acceptors (Lipinski definition) is 6. The van der Waals surface area contributed by atoms with Crippen molar-refractivity contribution in [3.63, 3.8) is 0 Å². The molecule has 1 N–H and O–H groups in total. The molecule has 2 aliphatic rings. The molecular formula is C20H17N3O4S. The van der Waals surface area contributed by atoms with E-state index in [0.717, 1.165) is 16.2 Å². The normalized spacial score (nSPS) is 15.5. The van der Waals surface area contributed by atoms with Crippen LogP contribution in [0.4, 0.5) is 5.69 Å². The van der Waals surface area contributed by atoms with Crippen LogP contribution in [0.3, 0.4) is 0 Å². The van der Waals surface area contributed by atoms with Gasteiger partial charge in [0.15, 0.2) is 6.61 Å². The predicted molar refractivity (Wildman–Crippen MR) is 105 cm³/mol. The molecule has 0 aliphatic carbocycles. The first-order valence-corrected chi connectivity index (χ1v) is 9.76. The van der Waals surface area contributed by atoms with E-state index in [-0.39, 0.29) is 24.0 Å². The molecule has 0 spiro atoms. The standard InChI is InChI=1S/C20H17N3O4S/c24-18-12-28-17-7-6-14(10-16(17)21-18)20(26)27-11-19(25)23-9-8-15(22-23)13-4-2-1-3-5-13/h1-7,10H,8-9,11-12H2,(H,21,24). The molecule has 2 aromatic rings. The van der Waals surface area contributed by atoms with E-state index in [1.807, 2.05) is 30.3 Å². The first kappa shape index (κ1) is 18.2. The number of rotatable bonds is 4. The number of thioether (sulfide) groups is 1. The second kappa shape index (κ2) is 7.85. The maximum atomic E-state index is 12.3. The van der Waals surface area contributed by atoms with Gasteiger partial charge in [-0.15, -0.1) is 11.8 Å². The third-order valence-corrected chi connectivity index (χ3v) is 5.45. The number of anilines is 1. The molecule has 4 rings (SSSR count). The van der Waals surface area contributed by atoms with Crippen LogP contribution in [0.2, 0.25) is 0 Å². The molecule has 0 atom stereocenters. The minimum Gasteiger partial charge on any atom is -0.452 e. The molecule has 2 aliphatic heterocycles. The lowest BCUT2D eigenvalue weighted by Crippen LogP contribution is -2.28. The largest absolute Gasteiger partial charge is 0.452 e. The van der Waals surface area contributed by atoms with Crippen molar-refractivity contribution in [3.8, 4) is 0 Å². The van der Waals surface area contributed by atoms with Gasteiger partial charge in [-0.2, -0.15) is 5.10 Å². The summed E-state index contributed by atoms with van der Waals surface area (Å²) in [5.74, 6) is -0.750. The van der Waals surface area contributed by atoms with Crippen molar-refractivity contribution in [1.29, 1.82) is 0 Å². The van der Waals surface area contributed by atoms with Crippen LogP contribution in [-0.4, -0.2) is 47.4 Å². The Bertz CT molecular complexity index is 975. The summed E-state index contributed by atoms with van der Waals surface area (Å²) < 4.78 is 5.14. The Labute approximate surface area is 165 Å². The summed E-state index contributed by atoms with van der Waals surface area (Å²) in [4.78, 5) is 37.0. The van der Waals surface area contributed by atoms with Crippen molar-refractivity contribution in [2.45, 2.75) is 11.3 Å². The molecule has 0 saturated carbocycles. The third-order valence-electron chi connectivity index (χ3n) is 4.37. The highest BCUT2D eigenvalue weighted by Gasteiger charge is 2.23. The van der Waals surface area contributed by atoms with E-state index in [2.05, 4.69) is 10.4 Å². The Morgan fingerprint density at radius 1 is 1.18 bits per heavy atom. The molecule has 28 heavy (non-hydrogen) atoms. The van der Waals surface area contributed by atoms with Crippen LogP contribution in [0.1, 0.15) is 22.3 Å². The molecule has 2 amide bonds. The smallest absolute Gasteiger partial charge is 0.338 e. The molecule has 0 radical (unpaired) electrons. The summed E-state index contributed by atoms with van der Waals surface area (Å²) in [5, 5.41) is 8.39. The topological polar surface area (TPSA) is 88.1 Å². The molecular weight excluding hydrogens is 378 g/mol. The van der Waals surface area contributed by atoms with Crippen LogP contribution in [0.25, 0.3) is 0 Å². The summed E-state index contributed by atoms with van der Waals surface area (Å²) in [6, 6.07) is 14.6. The summed E-state index contributed by atoms with van der Waals surface area (Å²) >= 11 is 1.41. The first-order chi connectivity index (χ1) is 13.6. The molecule has 8 heteroatoms. The number of nitrogens with one attached hydrogen (secondary N) is 1. The van der Waals surface area contributed by atoms with E-state index in [0.29, 0.717) is 24.4 Å². The number of benzene rings is 2. The van der Waals surface area contributed by atoms with Gasteiger partial charge in [0.2, 0.25) is 5.91 Å². The van der Waals surface area contributed by atoms with Crippen molar-refractivity contribution in [2.75, 3.05) is 24.2 Å². The fraction of sp³-hybridized carbons (Fsp3) is 0.200. The number of carbonyl (C=O) groups is 3. The zero-order valence-corrected chi connectivity index (χ0v) is 15.7. The van der Waals surface area contributed by atoms with E-state index >= 15 is 0 Å². The third kappa shape index (κ3) is 3.91. The number of hydrazone groups is 1. The maximum Gasteiger partial charge on any atom is 0.338 e.